The molecule has 8 heteroatoms. The molecule has 0 atom stereocenters. The zero-order chi connectivity index (χ0) is 25.3. The molecule has 4 rings (SSSR count). The van der Waals surface area contributed by atoms with Crippen molar-refractivity contribution < 1.29 is 23.9 Å². The van der Waals surface area contributed by atoms with Gasteiger partial charge in [-0.1, -0.05) is 29.8 Å². The lowest BCUT2D eigenvalue weighted by Gasteiger charge is -2.16. The van der Waals surface area contributed by atoms with Crippen LogP contribution in [-0.2, 0) is 9.59 Å². The molecule has 2 amide bonds. The van der Waals surface area contributed by atoms with Gasteiger partial charge in [0.25, 0.3) is 11.8 Å². The Kier molecular flexibility index (Phi) is 6.62. The molecule has 1 aliphatic heterocycles. The predicted octanol–water partition coefficient (Wildman–Crippen LogP) is 5.28. The Hall–Kier alpha value is -4.10. The molecule has 0 bridgehead atoms. The quantitative estimate of drug-likeness (QED) is 0.287. The third-order valence-corrected chi connectivity index (χ3v) is 6.15. The van der Waals surface area contributed by atoms with E-state index >= 15 is 0 Å². The number of methoxy groups -OCH3 is 1. The summed E-state index contributed by atoms with van der Waals surface area (Å²) in [5, 5.41) is 2.66. The first kappa shape index (κ1) is 24.0. The van der Waals surface area contributed by atoms with Crippen LogP contribution in [0.25, 0.3) is 0 Å². The molecule has 1 aliphatic rings. The number of halogens is 1. The van der Waals surface area contributed by atoms with E-state index in [1.165, 1.54) is 7.11 Å². The van der Waals surface area contributed by atoms with Crippen LogP contribution in [0.15, 0.2) is 71.4 Å². The van der Waals surface area contributed by atoms with Crippen molar-refractivity contribution in [3.63, 3.8) is 0 Å². The first-order chi connectivity index (χ1) is 16.7. The summed E-state index contributed by atoms with van der Waals surface area (Å²) >= 11 is 6.21. The number of hydrogen-bond acceptors (Lipinski definition) is 6. The topological polar surface area (TPSA) is 84.9 Å². The fraction of sp³-hybridized carbons (Fsp3) is 0.148. The van der Waals surface area contributed by atoms with Crippen LogP contribution in [0.4, 0.5) is 11.4 Å². The SMILES string of the molecule is COc1cccc(N2C(=O)C(Cl)=C(Nc3ccc(C(=O)Oc4c(C)ccc(C)c4C)cc3)C2=O)c1. The third-order valence-electron chi connectivity index (χ3n) is 5.80. The Morgan fingerprint density at radius 3 is 2.29 bits per heavy atom. The number of carbonyl (C=O) groups excluding carboxylic acids is 3. The summed E-state index contributed by atoms with van der Waals surface area (Å²) in [4.78, 5) is 39.3. The van der Waals surface area contributed by atoms with Gasteiger partial charge in [0.1, 0.15) is 22.2 Å². The minimum Gasteiger partial charge on any atom is -0.497 e. The normalized spacial score (nSPS) is 13.3. The number of ether oxygens (including phenoxy) is 2. The smallest absolute Gasteiger partial charge is 0.343 e. The first-order valence-electron chi connectivity index (χ1n) is 10.8. The Labute approximate surface area is 207 Å². The fourth-order valence-corrected chi connectivity index (χ4v) is 3.88. The number of amides is 2. The number of nitrogens with one attached hydrogen (secondary N) is 1. The molecule has 0 aromatic heterocycles. The minimum atomic E-state index is -0.642. The average Bonchev–Trinajstić information content (AvgIpc) is 3.07. The van der Waals surface area contributed by atoms with Crippen LogP contribution in [0.5, 0.6) is 11.5 Å². The molecule has 1 heterocycles. The monoisotopic (exact) mass is 490 g/mol. The minimum absolute atomic E-state index is 0.0548. The highest BCUT2D eigenvalue weighted by atomic mass is 35.5. The molecule has 7 nitrogen and oxygen atoms in total. The summed E-state index contributed by atoms with van der Waals surface area (Å²) in [5.74, 6) is -0.693. The van der Waals surface area contributed by atoms with E-state index in [2.05, 4.69) is 5.32 Å². The summed E-state index contributed by atoms with van der Waals surface area (Å²) in [5.41, 5.74) is 3.90. The average molecular weight is 491 g/mol. The molecular formula is C27H23ClN2O5. The Balaban J connectivity index is 1.50. The third kappa shape index (κ3) is 4.63. The summed E-state index contributed by atoms with van der Waals surface area (Å²) in [6, 6.07) is 16.8. The van der Waals surface area contributed by atoms with Crippen LogP contribution >= 0.6 is 11.6 Å². The Morgan fingerprint density at radius 1 is 0.914 bits per heavy atom. The van der Waals surface area contributed by atoms with Crippen molar-refractivity contribution in [3.05, 3.63) is 93.6 Å². The van der Waals surface area contributed by atoms with Crippen molar-refractivity contribution in [3.8, 4) is 11.5 Å². The van der Waals surface area contributed by atoms with E-state index in [9.17, 15) is 14.4 Å². The number of benzene rings is 3. The van der Waals surface area contributed by atoms with E-state index in [0.717, 1.165) is 21.6 Å². The van der Waals surface area contributed by atoms with E-state index in [-0.39, 0.29) is 10.7 Å². The molecule has 35 heavy (non-hydrogen) atoms. The first-order valence-corrected chi connectivity index (χ1v) is 11.2. The fourth-order valence-electron chi connectivity index (χ4n) is 3.66. The standard InChI is InChI=1S/C27H23ClN2O5/c1-15-8-9-16(2)24(17(15)3)35-27(33)18-10-12-19(13-11-18)29-23-22(28)25(31)30(26(23)32)20-6-5-7-21(14-20)34-4/h5-14,29H,1-4H3. The van der Waals surface area contributed by atoms with E-state index in [1.807, 2.05) is 32.9 Å². The number of imide groups is 1. The van der Waals surface area contributed by atoms with Crippen molar-refractivity contribution in [2.75, 3.05) is 17.3 Å². The maximum absolute atomic E-state index is 13.0. The van der Waals surface area contributed by atoms with E-state index in [0.29, 0.717) is 28.4 Å². The second-order valence-corrected chi connectivity index (χ2v) is 8.46. The molecule has 0 saturated carbocycles. The van der Waals surface area contributed by atoms with Crippen LogP contribution in [0, 0.1) is 20.8 Å². The number of nitrogens with zero attached hydrogens (tertiary/aromatic N) is 1. The lowest BCUT2D eigenvalue weighted by Crippen LogP contribution is -2.32. The van der Waals surface area contributed by atoms with Crippen molar-refractivity contribution >= 4 is 40.8 Å². The van der Waals surface area contributed by atoms with Crippen molar-refractivity contribution in [2.24, 2.45) is 0 Å². The predicted molar refractivity (Wildman–Crippen MR) is 134 cm³/mol. The van der Waals surface area contributed by atoms with Crippen molar-refractivity contribution in [1.29, 1.82) is 0 Å². The molecule has 0 aliphatic carbocycles. The van der Waals surface area contributed by atoms with E-state index < -0.39 is 17.8 Å². The van der Waals surface area contributed by atoms with E-state index in [4.69, 9.17) is 21.1 Å². The molecular weight excluding hydrogens is 468 g/mol. The van der Waals surface area contributed by atoms with Gasteiger partial charge in [0.15, 0.2) is 0 Å². The Morgan fingerprint density at radius 2 is 1.60 bits per heavy atom. The highest BCUT2D eigenvalue weighted by Crippen LogP contribution is 2.32. The number of anilines is 2. The van der Waals surface area contributed by atoms with Crippen LogP contribution < -0.4 is 19.7 Å². The van der Waals surface area contributed by atoms with Crippen LogP contribution in [-0.4, -0.2) is 24.9 Å². The van der Waals surface area contributed by atoms with Gasteiger partial charge in [-0.15, -0.1) is 0 Å². The maximum atomic E-state index is 13.0. The maximum Gasteiger partial charge on any atom is 0.343 e. The lowest BCUT2D eigenvalue weighted by molar-refractivity contribution is -0.120. The summed E-state index contributed by atoms with van der Waals surface area (Å²) in [6.07, 6.45) is 0. The zero-order valence-electron chi connectivity index (χ0n) is 19.6. The molecule has 0 unspecified atom stereocenters. The molecule has 1 N–H and O–H groups in total. The number of carbonyl (C=O) groups is 3. The van der Waals surface area contributed by atoms with Crippen LogP contribution in [0.3, 0.4) is 0 Å². The van der Waals surface area contributed by atoms with Gasteiger partial charge < -0.3 is 14.8 Å². The van der Waals surface area contributed by atoms with Gasteiger partial charge in [-0.3, -0.25) is 9.59 Å². The van der Waals surface area contributed by atoms with Gasteiger partial charge in [0, 0.05) is 11.8 Å². The van der Waals surface area contributed by atoms with Gasteiger partial charge in [-0.25, -0.2) is 9.69 Å². The second-order valence-electron chi connectivity index (χ2n) is 8.08. The molecule has 0 spiro atoms. The van der Waals surface area contributed by atoms with Gasteiger partial charge in [0.2, 0.25) is 0 Å². The van der Waals surface area contributed by atoms with Gasteiger partial charge in [-0.2, -0.15) is 0 Å². The molecule has 3 aromatic carbocycles. The number of hydrogen-bond donors (Lipinski definition) is 1. The van der Waals surface area contributed by atoms with Crippen LogP contribution in [0.1, 0.15) is 27.0 Å². The summed E-state index contributed by atoms with van der Waals surface area (Å²) in [6.45, 7) is 5.75. The highest BCUT2D eigenvalue weighted by Gasteiger charge is 2.39. The van der Waals surface area contributed by atoms with Crippen LogP contribution in [0.2, 0.25) is 0 Å². The van der Waals surface area contributed by atoms with Crippen molar-refractivity contribution in [1.82, 2.24) is 0 Å². The number of aryl methyl sites for hydroxylation is 2. The zero-order valence-corrected chi connectivity index (χ0v) is 20.4. The summed E-state index contributed by atoms with van der Waals surface area (Å²) in [7, 11) is 1.49. The van der Waals surface area contributed by atoms with E-state index in [1.54, 1.807) is 48.5 Å². The molecule has 3 aromatic rings. The van der Waals surface area contributed by atoms with Crippen molar-refractivity contribution in [2.45, 2.75) is 20.8 Å². The largest absolute Gasteiger partial charge is 0.497 e. The van der Waals surface area contributed by atoms with Gasteiger partial charge in [0.05, 0.1) is 18.4 Å². The molecule has 0 saturated heterocycles. The Bertz CT molecular complexity index is 1380. The lowest BCUT2D eigenvalue weighted by atomic mass is 10.1. The second kappa shape index (κ2) is 9.64. The van der Waals surface area contributed by atoms with Gasteiger partial charge in [-0.05, 0) is 73.9 Å². The number of esters is 1. The highest BCUT2D eigenvalue weighted by molar-refractivity contribution is 6.53. The molecule has 0 radical (unpaired) electrons. The number of rotatable bonds is 6. The molecule has 178 valence electrons. The summed E-state index contributed by atoms with van der Waals surface area (Å²) < 4.78 is 10.8. The molecule has 0 fully saturated rings. The van der Waals surface area contributed by atoms with Gasteiger partial charge >= 0.3 is 5.97 Å².